The lowest BCUT2D eigenvalue weighted by atomic mass is 10.1. The summed E-state index contributed by atoms with van der Waals surface area (Å²) in [4.78, 5) is 2.73. The van der Waals surface area contributed by atoms with Crippen molar-refractivity contribution in [1.82, 2.24) is 10.2 Å². The Morgan fingerprint density at radius 3 is 2.75 bits per heavy atom. The molecular weight excluding hydrogens is 264 g/mol. The molecule has 0 aromatic carbocycles. The highest BCUT2D eigenvalue weighted by molar-refractivity contribution is 7.07. The van der Waals surface area contributed by atoms with Gasteiger partial charge in [0.25, 0.3) is 0 Å². The van der Waals surface area contributed by atoms with Gasteiger partial charge >= 0.3 is 0 Å². The van der Waals surface area contributed by atoms with Gasteiger partial charge in [0.1, 0.15) is 0 Å². The summed E-state index contributed by atoms with van der Waals surface area (Å²) in [6.45, 7) is 9.39. The van der Waals surface area contributed by atoms with Gasteiger partial charge in [0.2, 0.25) is 0 Å². The second-order valence-corrected chi connectivity index (χ2v) is 7.24. The van der Waals surface area contributed by atoms with Gasteiger partial charge in [-0.05, 0) is 54.1 Å². The molecule has 1 saturated carbocycles. The molecule has 0 saturated heterocycles. The Morgan fingerprint density at radius 1 is 1.30 bits per heavy atom. The Hall–Kier alpha value is -0.380. The summed E-state index contributed by atoms with van der Waals surface area (Å²) in [6.07, 6.45) is 6.87. The molecule has 0 radical (unpaired) electrons. The minimum absolute atomic E-state index is 0.779. The molecule has 1 heterocycles. The van der Waals surface area contributed by atoms with Crippen LogP contribution in [0.5, 0.6) is 0 Å². The standard InChI is InChI=1S/C17H30N2S/c1-15(2)13-19(17-5-3-4-6-17)11-10-18-9-7-16-8-12-20-14-16/h8,12,14-15,17-18H,3-7,9-11,13H2,1-2H3. The average Bonchev–Trinajstić information content (AvgIpc) is 3.10. The van der Waals surface area contributed by atoms with Crippen LogP contribution >= 0.6 is 11.3 Å². The van der Waals surface area contributed by atoms with Crippen LogP contribution in [0, 0.1) is 5.92 Å². The van der Waals surface area contributed by atoms with Crippen LogP contribution in [0.4, 0.5) is 0 Å². The van der Waals surface area contributed by atoms with Gasteiger partial charge in [-0.25, -0.2) is 0 Å². The monoisotopic (exact) mass is 294 g/mol. The van der Waals surface area contributed by atoms with E-state index >= 15 is 0 Å². The van der Waals surface area contributed by atoms with E-state index in [1.165, 1.54) is 44.3 Å². The highest BCUT2D eigenvalue weighted by Crippen LogP contribution is 2.23. The fourth-order valence-corrected chi connectivity index (χ4v) is 3.88. The lowest BCUT2D eigenvalue weighted by Crippen LogP contribution is -2.41. The zero-order chi connectivity index (χ0) is 14.2. The van der Waals surface area contributed by atoms with Gasteiger partial charge in [0.05, 0.1) is 0 Å². The number of hydrogen-bond acceptors (Lipinski definition) is 3. The number of thiophene rings is 1. The molecule has 1 aromatic rings. The van der Waals surface area contributed by atoms with E-state index in [0.717, 1.165) is 31.5 Å². The molecule has 114 valence electrons. The summed E-state index contributed by atoms with van der Waals surface area (Å²) in [6, 6.07) is 3.09. The van der Waals surface area contributed by atoms with Crippen LogP contribution in [0.2, 0.25) is 0 Å². The van der Waals surface area contributed by atoms with Crippen molar-refractivity contribution in [3.63, 3.8) is 0 Å². The first-order valence-corrected chi connectivity index (χ1v) is 9.16. The van der Waals surface area contributed by atoms with Gasteiger partial charge in [-0.15, -0.1) is 0 Å². The van der Waals surface area contributed by atoms with E-state index in [1.807, 2.05) is 0 Å². The van der Waals surface area contributed by atoms with E-state index < -0.39 is 0 Å². The Labute approximate surface area is 128 Å². The topological polar surface area (TPSA) is 15.3 Å². The fraction of sp³-hybridized carbons (Fsp3) is 0.765. The highest BCUT2D eigenvalue weighted by Gasteiger charge is 2.22. The predicted octanol–water partition coefficient (Wildman–Crippen LogP) is 3.78. The molecule has 0 aliphatic heterocycles. The van der Waals surface area contributed by atoms with Crippen molar-refractivity contribution < 1.29 is 0 Å². The van der Waals surface area contributed by atoms with E-state index in [2.05, 4.69) is 40.9 Å². The minimum atomic E-state index is 0.779. The second-order valence-electron chi connectivity index (χ2n) is 6.46. The first kappa shape index (κ1) is 16.0. The molecule has 1 N–H and O–H groups in total. The Balaban J connectivity index is 1.63. The van der Waals surface area contributed by atoms with Crippen LogP contribution in [-0.2, 0) is 6.42 Å². The maximum atomic E-state index is 3.61. The first-order valence-electron chi connectivity index (χ1n) is 8.21. The molecule has 1 aliphatic rings. The molecule has 0 atom stereocenters. The van der Waals surface area contributed by atoms with Gasteiger partial charge in [0, 0.05) is 25.7 Å². The summed E-state index contributed by atoms with van der Waals surface area (Å²) < 4.78 is 0. The van der Waals surface area contributed by atoms with E-state index in [9.17, 15) is 0 Å². The van der Waals surface area contributed by atoms with E-state index in [-0.39, 0.29) is 0 Å². The highest BCUT2D eigenvalue weighted by atomic mass is 32.1. The summed E-state index contributed by atoms with van der Waals surface area (Å²) >= 11 is 1.80. The van der Waals surface area contributed by atoms with Gasteiger partial charge in [-0.2, -0.15) is 11.3 Å². The normalized spacial score (nSPS) is 16.6. The molecule has 0 bridgehead atoms. The second kappa shape index (κ2) is 8.81. The third-order valence-electron chi connectivity index (χ3n) is 4.19. The van der Waals surface area contributed by atoms with Crippen LogP contribution in [0.3, 0.4) is 0 Å². The largest absolute Gasteiger partial charge is 0.315 e. The Kier molecular flexibility index (Phi) is 7.05. The van der Waals surface area contributed by atoms with Gasteiger partial charge < -0.3 is 5.32 Å². The number of nitrogens with zero attached hydrogens (tertiary/aromatic N) is 1. The number of rotatable bonds is 9. The van der Waals surface area contributed by atoms with Crippen LogP contribution in [0.25, 0.3) is 0 Å². The maximum absolute atomic E-state index is 3.61. The molecule has 0 amide bonds. The summed E-state index contributed by atoms with van der Waals surface area (Å²) in [7, 11) is 0. The van der Waals surface area contributed by atoms with Crippen molar-refractivity contribution in [1.29, 1.82) is 0 Å². The third kappa shape index (κ3) is 5.55. The van der Waals surface area contributed by atoms with Crippen molar-refractivity contribution in [3.8, 4) is 0 Å². The first-order chi connectivity index (χ1) is 9.75. The summed E-state index contributed by atoms with van der Waals surface area (Å²) in [5.74, 6) is 0.779. The van der Waals surface area contributed by atoms with Crippen LogP contribution in [0.1, 0.15) is 45.1 Å². The van der Waals surface area contributed by atoms with E-state index in [4.69, 9.17) is 0 Å². The van der Waals surface area contributed by atoms with Crippen molar-refractivity contribution in [2.75, 3.05) is 26.2 Å². The van der Waals surface area contributed by atoms with E-state index in [1.54, 1.807) is 11.3 Å². The smallest absolute Gasteiger partial charge is 0.0110 e. The number of nitrogens with one attached hydrogen (secondary N) is 1. The molecule has 20 heavy (non-hydrogen) atoms. The number of hydrogen-bond donors (Lipinski definition) is 1. The fourth-order valence-electron chi connectivity index (χ4n) is 3.18. The van der Waals surface area contributed by atoms with Crippen LogP contribution in [-0.4, -0.2) is 37.1 Å². The average molecular weight is 295 g/mol. The lowest BCUT2D eigenvalue weighted by molar-refractivity contribution is 0.178. The van der Waals surface area contributed by atoms with Gasteiger partial charge in [-0.3, -0.25) is 4.90 Å². The van der Waals surface area contributed by atoms with Crippen LogP contribution < -0.4 is 5.32 Å². The summed E-state index contributed by atoms with van der Waals surface area (Å²) in [5.41, 5.74) is 1.47. The molecule has 2 nitrogen and oxygen atoms in total. The van der Waals surface area contributed by atoms with Gasteiger partial charge in [0.15, 0.2) is 0 Å². The van der Waals surface area contributed by atoms with Crippen molar-refractivity contribution in [3.05, 3.63) is 22.4 Å². The van der Waals surface area contributed by atoms with Crippen molar-refractivity contribution in [2.45, 2.75) is 52.0 Å². The zero-order valence-corrected chi connectivity index (χ0v) is 13.9. The molecule has 3 heteroatoms. The Morgan fingerprint density at radius 2 is 2.10 bits per heavy atom. The molecule has 1 aromatic heterocycles. The lowest BCUT2D eigenvalue weighted by Gasteiger charge is -2.30. The molecule has 2 rings (SSSR count). The third-order valence-corrected chi connectivity index (χ3v) is 4.92. The maximum Gasteiger partial charge on any atom is 0.0110 e. The predicted molar refractivity (Wildman–Crippen MR) is 89.6 cm³/mol. The van der Waals surface area contributed by atoms with Crippen LogP contribution in [0.15, 0.2) is 16.8 Å². The molecule has 1 aliphatic carbocycles. The molecule has 0 spiro atoms. The van der Waals surface area contributed by atoms with Gasteiger partial charge in [-0.1, -0.05) is 26.7 Å². The zero-order valence-electron chi connectivity index (χ0n) is 13.1. The van der Waals surface area contributed by atoms with Crippen molar-refractivity contribution in [2.24, 2.45) is 5.92 Å². The summed E-state index contributed by atoms with van der Waals surface area (Å²) in [5, 5.41) is 8.04. The SMILES string of the molecule is CC(C)CN(CCNCCc1ccsc1)C1CCCC1. The molecular formula is C17H30N2S. The van der Waals surface area contributed by atoms with Crippen molar-refractivity contribution >= 4 is 11.3 Å². The Bertz CT molecular complexity index is 342. The molecule has 1 fully saturated rings. The minimum Gasteiger partial charge on any atom is -0.315 e. The van der Waals surface area contributed by atoms with E-state index in [0.29, 0.717) is 0 Å². The molecule has 0 unspecified atom stereocenters. The quantitative estimate of drug-likeness (QED) is 0.697.